The lowest BCUT2D eigenvalue weighted by atomic mass is 10.1. The van der Waals surface area contributed by atoms with Crippen molar-refractivity contribution in [2.24, 2.45) is 0 Å². The van der Waals surface area contributed by atoms with Crippen LogP contribution in [-0.4, -0.2) is 31.2 Å². The third kappa shape index (κ3) is 5.87. The van der Waals surface area contributed by atoms with Gasteiger partial charge in [0.15, 0.2) is 5.78 Å². The highest BCUT2D eigenvalue weighted by atomic mass is 32.2. The van der Waals surface area contributed by atoms with Crippen molar-refractivity contribution in [1.82, 2.24) is 0 Å². The lowest BCUT2D eigenvalue weighted by Crippen LogP contribution is -2.11. The Morgan fingerprint density at radius 1 is 0.833 bits per heavy atom. The average Bonchev–Trinajstić information content (AvgIpc) is 2.79. The number of ketones is 1. The van der Waals surface area contributed by atoms with E-state index in [2.05, 4.69) is 5.32 Å². The summed E-state index contributed by atoms with van der Waals surface area (Å²) in [7, 11) is 1.58. The molecular formula is C24H23NO4S. The zero-order chi connectivity index (χ0) is 21.3. The van der Waals surface area contributed by atoms with Gasteiger partial charge in [0.1, 0.15) is 11.5 Å². The zero-order valence-electron chi connectivity index (χ0n) is 16.9. The molecule has 0 bridgehead atoms. The molecule has 0 spiro atoms. The summed E-state index contributed by atoms with van der Waals surface area (Å²) in [5.41, 5.74) is 1.91. The zero-order valence-corrected chi connectivity index (χ0v) is 17.7. The van der Waals surface area contributed by atoms with Crippen molar-refractivity contribution in [2.75, 3.05) is 24.8 Å². The predicted octanol–water partition coefficient (Wildman–Crippen LogP) is 5.32. The molecule has 0 atom stereocenters. The van der Waals surface area contributed by atoms with Gasteiger partial charge in [-0.2, -0.15) is 0 Å². The van der Waals surface area contributed by atoms with E-state index < -0.39 is 0 Å². The standard InChI is InChI=1S/C24H23NO4S/c1-3-29-21-12-4-17(5-13-21)23(26)16-30-22-14-8-19(9-15-22)25-24(27)18-6-10-20(28-2)11-7-18/h4-15H,3,16H2,1-2H3,(H,25,27). The molecule has 1 N–H and O–H groups in total. The van der Waals surface area contributed by atoms with Gasteiger partial charge in [-0.15, -0.1) is 11.8 Å². The summed E-state index contributed by atoms with van der Waals surface area (Å²) >= 11 is 1.46. The van der Waals surface area contributed by atoms with E-state index in [-0.39, 0.29) is 11.7 Å². The number of hydrogen-bond donors (Lipinski definition) is 1. The number of benzene rings is 3. The number of methoxy groups -OCH3 is 1. The summed E-state index contributed by atoms with van der Waals surface area (Å²) in [4.78, 5) is 25.7. The van der Waals surface area contributed by atoms with Crippen LogP contribution in [0.5, 0.6) is 11.5 Å². The fraction of sp³-hybridized carbons (Fsp3) is 0.167. The van der Waals surface area contributed by atoms with E-state index in [1.54, 1.807) is 43.5 Å². The van der Waals surface area contributed by atoms with Gasteiger partial charge in [-0.25, -0.2) is 0 Å². The van der Waals surface area contributed by atoms with E-state index >= 15 is 0 Å². The summed E-state index contributed by atoms with van der Waals surface area (Å²) < 4.78 is 10.5. The maximum Gasteiger partial charge on any atom is 0.255 e. The second kappa shape index (κ2) is 10.5. The largest absolute Gasteiger partial charge is 0.497 e. The second-order valence-electron chi connectivity index (χ2n) is 6.38. The molecule has 154 valence electrons. The number of ether oxygens (including phenoxy) is 2. The highest BCUT2D eigenvalue weighted by molar-refractivity contribution is 8.00. The Morgan fingerprint density at radius 3 is 2.03 bits per heavy atom. The number of carbonyl (C=O) groups is 2. The first-order chi connectivity index (χ1) is 14.6. The predicted molar refractivity (Wildman–Crippen MR) is 120 cm³/mol. The molecule has 0 unspecified atom stereocenters. The van der Waals surface area contributed by atoms with Crippen LogP contribution >= 0.6 is 11.8 Å². The lowest BCUT2D eigenvalue weighted by molar-refractivity contribution is 0.101. The minimum absolute atomic E-state index is 0.0555. The molecule has 3 rings (SSSR count). The molecule has 6 heteroatoms. The van der Waals surface area contributed by atoms with E-state index in [1.165, 1.54) is 11.8 Å². The van der Waals surface area contributed by atoms with Crippen LogP contribution in [0.15, 0.2) is 77.7 Å². The van der Waals surface area contributed by atoms with Crippen LogP contribution in [0, 0.1) is 0 Å². The molecule has 0 saturated carbocycles. The minimum atomic E-state index is -0.191. The molecular weight excluding hydrogens is 398 g/mol. The van der Waals surface area contributed by atoms with Crippen molar-refractivity contribution in [3.63, 3.8) is 0 Å². The summed E-state index contributed by atoms with van der Waals surface area (Å²) in [6, 6.07) is 21.5. The van der Waals surface area contributed by atoms with Crippen molar-refractivity contribution in [3.05, 3.63) is 83.9 Å². The number of amides is 1. The Balaban J connectivity index is 1.52. The van der Waals surface area contributed by atoms with E-state index in [9.17, 15) is 9.59 Å². The molecule has 30 heavy (non-hydrogen) atoms. The summed E-state index contributed by atoms with van der Waals surface area (Å²) in [5, 5.41) is 2.86. The molecule has 1 amide bonds. The van der Waals surface area contributed by atoms with Crippen molar-refractivity contribution < 1.29 is 19.1 Å². The maximum absolute atomic E-state index is 12.4. The van der Waals surface area contributed by atoms with Gasteiger partial charge in [0.05, 0.1) is 19.5 Å². The van der Waals surface area contributed by atoms with E-state index in [0.717, 1.165) is 10.6 Å². The monoisotopic (exact) mass is 421 g/mol. The minimum Gasteiger partial charge on any atom is -0.497 e. The molecule has 3 aromatic carbocycles. The fourth-order valence-electron chi connectivity index (χ4n) is 2.72. The van der Waals surface area contributed by atoms with Crippen LogP contribution in [0.1, 0.15) is 27.6 Å². The highest BCUT2D eigenvalue weighted by Gasteiger charge is 2.09. The number of carbonyl (C=O) groups excluding carboxylic acids is 2. The number of thioether (sulfide) groups is 1. The van der Waals surface area contributed by atoms with Crippen LogP contribution < -0.4 is 14.8 Å². The van der Waals surface area contributed by atoms with Crippen molar-refractivity contribution in [2.45, 2.75) is 11.8 Å². The van der Waals surface area contributed by atoms with Gasteiger partial charge >= 0.3 is 0 Å². The van der Waals surface area contributed by atoms with Crippen LogP contribution in [-0.2, 0) is 0 Å². The molecule has 0 aromatic heterocycles. The van der Waals surface area contributed by atoms with Crippen molar-refractivity contribution in [3.8, 4) is 11.5 Å². The fourth-order valence-corrected chi connectivity index (χ4v) is 3.51. The molecule has 0 aliphatic carbocycles. The Hall–Kier alpha value is -3.25. The number of rotatable bonds is 9. The van der Waals surface area contributed by atoms with Crippen LogP contribution in [0.3, 0.4) is 0 Å². The van der Waals surface area contributed by atoms with E-state index in [4.69, 9.17) is 9.47 Å². The van der Waals surface area contributed by atoms with Gasteiger partial charge in [0.25, 0.3) is 5.91 Å². The van der Waals surface area contributed by atoms with Gasteiger partial charge in [0.2, 0.25) is 0 Å². The molecule has 0 aliphatic rings. The van der Waals surface area contributed by atoms with E-state index in [0.29, 0.717) is 34.9 Å². The Labute approximate surface area is 180 Å². The number of anilines is 1. The molecule has 0 radical (unpaired) electrons. The first kappa shape index (κ1) is 21.5. The third-order valence-electron chi connectivity index (χ3n) is 4.32. The second-order valence-corrected chi connectivity index (χ2v) is 7.42. The highest BCUT2D eigenvalue weighted by Crippen LogP contribution is 2.23. The molecule has 0 heterocycles. The van der Waals surface area contributed by atoms with Crippen LogP contribution in [0.2, 0.25) is 0 Å². The Kier molecular flexibility index (Phi) is 7.51. The number of Topliss-reactive ketones (excluding diaryl/α,β-unsaturated/α-hetero) is 1. The van der Waals surface area contributed by atoms with Crippen molar-refractivity contribution >= 4 is 29.1 Å². The SMILES string of the molecule is CCOc1ccc(C(=O)CSc2ccc(NC(=O)c3ccc(OC)cc3)cc2)cc1. The van der Waals surface area contributed by atoms with Crippen LogP contribution in [0.25, 0.3) is 0 Å². The quantitative estimate of drug-likeness (QED) is 0.374. The molecule has 0 fully saturated rings. The van der Waals surface area contributed by atoms with Gasteiger partial charge in [0, 0.05) is 21.7 Å². The normalized spacial score (nSPS) is 10.3. The summed E-state index contributed by atoms with van der Waals surface area (Å²) in [5.74, 6) is 1.66. The van der Waals surface area contributed by atoms with Gasteiger partial charge in [-0.05, 0) is 79.7 Å². The van der Waals surface area contributed by atoms with Crippen LogP contribution in [0.4, 0.5) is 5.69 Å². The third-order valence-corrected chi connectivity index (χ3v) is 5.33. The smallest absolute Gasteiger partial charge is 0.255 e. The molecule has 5 nitrogen and oxygen atoms in total. The summed E-state index contributed by atoms with van der Waals surface area (Å²) in [6.45, 7) is 2.52. The van der Waals surface area contributed by atoms with Gasteiger partial charge in [-0.3, -0.25) is 9.59 Å². The van der Waals surface area contributed by atoms with E-state index in [1.807, 2.05) is 43.3 Å². The topological polar surface area (TPSA) is 64.6 Å². The summed E-state index contributed by atoms with van der Waals surface area (Å²) in [6.07, 6.45) is 0. The Bertz CT molecular complexity index is 983. The number of hydrogen-bond acceptors (Lipinski definition) is 5. The number of nitrogens with one attached hydrogen (secondary N) is 1. The average molecular weight is 422 g/mol. The van der Waals surface area contributed by atoms with Gasteiger partial charge < -0.3 is 14.8 Å². The maximum atomic E-state index is 12.4. The van der Waals surface area contributed by atoms with Crippen molar-refractivity contribution in [1.29, 1.82) is 0 Å². The molecule has 3 aromatic rings. The molecule has 0 aliphatic heterocycles. The first-order valence-electron chi connectivity index (χ1n) is 9.53. The Morgan fingerprint density at radius 2 is 1.43 bits per heavy atom. The van der Waals surface area contributed by atoms with Gasteiger partial charge in [-0.1, -0.05) is 0 Å². The molecule has 0 saturated heterocycles. The first-order valence-corrected chi connectivity index (χ1v) is 10.5. The lowest BCUT2D eigenvalue weighted by Gasteiger charge is -2.08.